The van der Waals surface area contributed by atoms with Gasteiger partial charge in [-0.2, -0.15) is 0 Å². The summed E-state index contributed by atoms with van der Waals surface area (Å²) in [6.07, 6.45) is 0. The fraction of sp³-hybridized carbons (Fsp3) is 0.0909. The van der Waals surface area contributed by atoms with Gasteiger partial charge in [-0.25, -0.2) is 0 Å². The van der Waals surface area contributed by atoms with Gasteiger partial charge in [0.15, 0.2) is 0 Å². The van der Waals surface area contributed by atoms with Gasteiger partial charge in [0.2, 0.25) is 0 Å². The van der Waals surface area contributed by atoms with E-state index in [2.05, 4.69) is 0 Å². The summed E-state index contributed by atoms with van der Waals surface area (Å²) in [5.41, 5.74) is 0.651. The molecule has 0 bridgehead atoms. The van der Waals surface area contributed by atoms with Crippen molar-refractivity contribution in [3.8, 4) is 0 Å². The Morgan fingerprint density at radius 2 is 1.67 bits per heavy atom. The number of benzene rings is 2. The number of hydrogen-bond acceptors (Lipinski definition) is 1. The molecule has 4 heteroatoms. The van der Waals surface area contributed by atoms with E-state index in [1.165, 1.54) is 0 Å². The van der Waals surface area contributed by atoms with Crippen LogP contribution in [0.1, 0.15) is 5.56 Å². The monoisotopic (exact) mass is 260 g/mol. The molecule has 0 fully saturated rings. The van der Waals surface area contributed by atoms with Crippen molar-refractivity contribution < 1.29 is 5.11 Å². The summed E-state index contributed by atoms with van der Waals surface area (Å²) in [5, 5.41) is 12.5. The first-order valence-corrected chi connectivity index (χ1v) is 5.44. The van der Waals surface area contributed by atoms with Crippen molar-refractivity contribution in [2.45, 2.75) is 6.61 Å². The molecule has 2 aromatic carbocycles. The first-order chi connectivity index (χ1) is 7.13. The maximum absolute atomic E-state index is 9.23. The highest BCUT2D eigenvalue weighted by molar-refractivity contribution is 6.39. The maximum Gasteiger partial charge on any atom is 0.0702 e. The average Bonchev–Trinajstić information content (AvgIpc) is 2.17. The maximum atomic E-state index is 9.23. The predicted octanol–water partition coefficient (Wildman–Crippen LogP) is 4.29. The molecule has 0 unspecified atom stereocenters. The van der Waals surface area contributed by atoms with Crippen molar-refractivity contribution in [3.63, 3.8) is 0 Å². The van der Waals surface area contributed by atoms with Gasteiger partial charge in [0.1, 0.15) is 0 Å². The Hall–Kier alpha value is -0.470. The molecule has 0 heterocycles. The van der Waals surface area contributed by atoms with E-state index in [4.69, 9.17) is 34.8 Å². The number of aliphatic hydroxyl groups excluding tert-OH is 1. The fourth-order valence-electron chi connectivity index (χ4n) is 1.54. The van der Waals surface area contributed by atoms with Gasteiger partial charge in [0.25, 0.3) is 0 Å². The van der Waals surface area contributed by atoms with Gasteiger partial charge in [0.05, 0.1) is 6.61 Å². The van der Waals surface area contributed by atoms with Crippen LogP contribution in [-0.4, -0.2) is 5.11 Å². The smallest absolute Gasteiger partial charge is 0.0702 e. The summed E-state index contributed by atoms with van der Waals surface area (Å²) in [6.45, 7) is -0.132. The third kappa shape index (κ3) is 1.93. The lowest BCUT2D eigenvalue weighted by molar-refractivity contribution is 0.283. The summed E-state index contributed by atoms with van der Waals surface area (Å²) in [4.78, 5) is 0. The molecule has 0 saturated heterocycles. The van der Waals surface area contributed by atoms with E-state index in [1.807, 2.05) is 6.07 Å². The van der Waals surface area contributed by atoms with Crippen molar-refractivity contribution in [2.75, 3.05) is 0 Å². The van der Waals surface area contributed by atoms with Crippen LogP contribution in [0.2, 0.25) is 15.1 Å². The van der Waals surface area contributed by atoms with Crippen LogP contribution in [0.25, 0.3) is 10.8 Å². The molecular weight excluding hydrogens is 254 g/mol. The highest BCUT2D eigenvalue weighted by atomic mass is 35.5. The first-order valence-electron chi connectivity index (χ1n) is 4.30. The van der Waals surface area contributed by atoms with Gasteiger partial charge in [-0.3, -0.25) is 0 Å². The second-order valence-corrected chi connectivity index (χ2v) is 4.42. The van der Waals surface area contributed by atoms with Gasteiger partial charge in [-0.1, -0.05) is 40.9 Å². The molecule has 0 aromatic heterocycles. The molecule has 78 valence electrons. The number of rotatable bonds is 1. The molecule has 0 spiro atoms. The SMILES string of the molecule is OCc1c(Cl)cc(Cl)c2ccc(Cl)cc12. The van der Waals surface area contributed by atoms with Crippen molar-refractivity contribution in [1.29, 1.82) is 0 Å². The molecule has 0 aliphatic rings. The zero-order valence-electron chi connectivity index (χ0n) is 7.60. The van der Waals surface area contributed by atoms with E-state index in [-0.39, 0.29) is 6.61 Å². The molecule has 0 aliphatic carbocycles. The standard InChI is InChI=1S/C11H7Cl3O/c12-6-1-2-7-8(3-6)9(5-15)11(14)4-10(7)13/h1-4,15H,5H2. The Kier molecular flexibility index (Phi) is 3.08. The third-order valence-corrected chi connectivity index (χ3v) is 3.15. The number of fused-ring (bicyclic) bond motifs is 1. The molecule has 0 radical (unpaired) electrons. The minimum Gasteiger partial charge on any atom is -0.392 e. The summed E-state index contributed by atoms with van der Waals surface area (Å²) in [5.74, 6) is 0. The summed E-state index contributed by atoms with van der Waals surface area (Å²) < 4.78 is 0. The highest BCUT2D eigenvalue weighted by Crippen LogP contribution is 2.33. The van der Waals surface area contributed by atoms with E-state index in [1.54, 1.807) is 18.2 Å². The van der Waals surface area contributed by atoms with Gasteiger partial charge in [0, 0.05) is 26.0 Å². The molecule has 2 aromatic rings. The molecule has 2 rings (SSSR count). The molecule has 0 aliphatic heterocycles. The van der Waals surface area contributed by atoms with E-state index >= 15 is 0 Å². The Labute approximate surface area is 102 Å². The predicted molar refractivity (Wildman–Crippen MR) is 64.9 cm³/mol. The quantitative estimate of drug-likeness (QED) is 0.812. The minimum absolute atomic E-state index is 0.132. The zero-order chi connectivity index (χ0) is 11.0. The Morgan fingerprint density at radius 3 is 2.33 bits per heavy atom. The topological polar surface area (TPSA) is 20.2 Å². The Bertz CT molecular complexity index is 523. The molecule has 15 heavy (non-hydrogen) atoms. The lowest BCUT2D eigenvalue weighted by Crippen LogP contribution is -1.88. The van der Waals surface area contributed by atoms with Crippen LogP contribution in [0.5, 0.6) is 0 Å². The van der Waals surface area contributed by atoms with Crippen molar-refractivity contribution in [1.82, 2.24) is 0 Å². The molecule has 0 amide bonds. The average molecular weight is 262 g/mol. The zero-order valence-corrected chi connectivity index (χ0v) is 9.87. The lowest BCUT2D eigenvalue weighted by atomic mass is 10.1. The van der Waals surface area contributed by atoms with Crippen molar-refractivity contribution in [3.05, 3.63) is 44.9 Å². The largest absolute Gasteiger partial charge is 0.392 e. The third-order valence-electron chi connectivity index (χ3n) is 2.26. The van der Waals surface area contributed by atoms with Crippen LogP contribution in [-0.2, 0) is 6.61 Å². The van der Waals surface area contributed by atoms with E-state index in [0.717, 1.165) is 10.8 Å². The summed E-state index contributed by atoms with van der Waals surface area (Å²) in [6, 6.07) is 6.95. The molecule has 1 N–H and O–H groups in total. The van der Waals surface area contributed by atoms with Gasteiger partial charge in [-0.05, 0) is 23.6 Å². The summed E-state index contributed by atoms with van der Waals surface area (Å²) in [7, 11) is 0. The number of hydrogen-bond donors (Lipinski definition) is 1. The minimum atomic E-state index is -0.132. The van der Waals surface area contributed by atoms with Crippen LogP contribution < -0.4 is 0 Å². The van der Waals surface area contributed by atoms with Crippen LogP contribution in [0.4, 0.5) is 0 Å². The van der Waals surface area contributed by atoms with Gasteiger partial charge < -0.3 is 5.11 Å². The van der Waals surface area contributed by atoms with Crippen molar-refractivity contribution >= 4 is 45.6 Å². The van der Waals surface area contributed by atoms with E-state index < -0.39 is 0 Å². The highest BCUT2D eigenvalue weighted by Gasteiger charge is 2.09. The van der Waals surface area contributed by atoms with Crippen LogP contribution in [0.3, 0.4) is 0 Å². The van der Waals surface area contributed by atoms with E-state index in [9.17, 15) is 5.11 Å². The normalized spacial score (nSPS) is 10.9. The molecule has 1 nitrogen and oxygen atoms in total. The Balaban J connectivity index is 2.91. The lowest BCUT2D eigenvalue weighted by Gasteiger charge is -2.08. The van der Waals surface area contributed by atoms with Gasteiger partial charge in [-0.15, -0.1) is 0 Å². The van der Waals surface area contributed by atoms with Crippen LogP contribution in [0, 0.1) is 0 Å². The van der Waals surface area contributed by atoms with Gasteiger partial charge >= 0.3 is 0 Å². The number of halogens is 3. The van der Waals surface area contributed by atoms with E-state index in [0.29, 0.717) is 20.6 Å². The first kappa shape index (κ1) is 11.0. The Morgan fingerprint density at radius 1 is 0.933 bits per heavy atom. The molecule has 0 saturated carbocycles. The second kappa shape index (κ2) is 4.18. The summed E-state index contributed by atoms with van der Waals surface area (Å²) >= 11 is 17.9. The van der Waals surface area contributed by atoms with Crippen LogP contribution >= 0.6 is 34.8 Å². The fourth-order valence-corrected chi connectivity index (χ4v) is 2.31. The number of aliphatic hydroxyl groups is 1. The van der Waals surface area contributed by atoms with Crippen LogP contribution in [0.15, 0.2) is 24.3 Å². The second-order valence-electron chi connectivity index (χ2n) is 3.17. The molecule has 0 atom stereocenters. The molecular formula is C11H7Cl3O. The van der Waals surface area contributed by atoms with Crippen molar-refractivity contribution in [2.24, 2.45) is 0 Å².